The molecule has 0 bridgehead atoms. The normalized spacial score (nSPS) is 15.6. The van der Waals surface area contributed by atoms with E-state index < -0.39 is 5.97 Å². The van der Waals surface area contributed by atoms with Crippen LogP contribution in [0, 0.1) is 0 Å². The fourth-order valence-corrected chi connectivity index (χ4v) is 3.97. The zero-order chi connectivity index (χ0) is 12.5. The van der Waals surface area contributed by atoms with Crippen LogP contribution in [0.5, 0.6) is 0 Å². The maximum Gasteiger partial charge on any atom is 0.346 e. The van der Waals surface area contributed by atoms with Crippen molar-refractivity contribution in [2.45, 2.75) is 19.5 Å². The first kappa shape index (κ1) is 11.9. The minimum atomic E-state index is -0.812. The van der Waals surface area contributed by atoms with Crippen molar-refractivity contribution >= 4 is 28.6 Å². The first-order valence-corrected chi connectivity index (χ1v) is 7.57. The van der Waals surface area contributed by atoms with Crippen LogP contribution in [0.3, 0.4) is 0 Å². The zero-order valence-corrected chi connectivity index (χ0v) is 11.4. The second-order valence-corrected chi connectivity index (χ2v) is 6.33. The number of thiophene rings is 2. The number of carboxylic acid groups (broad SMARTS) is 1. The predicted molar refractivity (Wildman–Crippen MR) is 73.4 cm³/mol. The molecule has 0 unspecified atom stereocenters. The van der Waals surface area contributed by atoms with Crippen molar-refractivity contribution in [3.05, 3.63) is 43.8 Å². The van der Waals surface area contributed by atoms with Gasteiger partial charge in [-0.1, -0.05) is 0 Å². The molecule has 0 amide bonds. The van der Waals surface area contributed by atoms with Crippen molar-refractivity contribution in [3.8, 4) is 0 Å². The summed E-state index contributed by atoms with van der Waals surface area (Å²) in [4.78, 5) is 15.4. The van der Waals surface area contributed by atoms with E-state index in [-0.39, 0.29) is 0 Å². The molecule has 3 nitrogen and oxygen atoms in total. The van der Waals surface area contributed by atoms with E-state index in [0.29, 0.717) is 4.88 Å². The van der Waals surface area contributed by atoms with Gasteiger partial charge in [0.15, 0.2) is 0 Å². The van der Waals surface area contributed by atoms with Crippen LogP contribution in [0.25, 0.3) is 0 Å². The van der Waals surface area contributed by atoms with Gasteiger partial charge in [-0.3, -0.25) is 4.90 Å². The van der Waals surface area contributed by atoms with Crippen LogP contribution in [0.1, 0.15) is 25.7 Å². The van der Waals surface area contributed by atoms with Crippen molar-refractivity contribution in [2.24, 2.45) is 0 Å². The van der Waals surface area contributed by atoms with E-state index >= 15 is 0 Å². The third-order valence-corrected chi connectivity index (χ3v) is 5.19. The second-order valence-electron chi connectivity index (χ2n) is 4.41. The Morgan fingerprint density at radius 3 is 3.00 bits per heavy atom. The summed E-state index contributed by atoms with van der Waals surface area (Å²) in [5, 5.41) is 13.1. The van der Waals surface area contributed by atoms with Crippen LogP contribution in [0.15, 0.2) is 22.9 Å². The lowest BCUT2D eigenvalue weighted by atomic mass is 10.1. The Balaban J connectivity index is 1.75. The summed E-state index contributed by atoms with van der Waals surface area (Å²) in [6, 6.07) is 4.11. The third kappa shape index (κ3) is 2.21. The Morgan fingerprint density at radius 1 is 1.33 bits per heavy atom. The molecule has 3 rings (SSSR count). The monoisotopic (exact) mass is 279 g/mol. The molecule has 0 fully saturated rings. The quantitative estimate of drug-likeness (QED) is 0.938. The van der Waals surface area contributed by atoms with E-state index in [4.69, 9.17) is 5.11 Å². The smallest absolute Gasteiger partial charge is 0.346 e. The average Bonchev–Trinajstić information content (AvgIpc) is 2.96. The summed E-state index contributed by atoms with van der Waals surface area (Å²) in [5.41, 5.74) is 2.34. The summed E-state index contributed by atoms with van der Waals surface area (Å²) in [6.07, 6.45) is 1.08. The molecule has 94 valence electrons. The van der Waals surface area contributed by atoms with E-state index in [1.165, 1.54) is 21.8 Å². The number of aromatic carboxylic acids is 1. The minimum absolute atomic E-state index is 0.478. The van der Waals surface area contributed by atoms with Crippen molar-refractivity contribution in [2.75, 3.05) is 6.54 Å². The number of rotatable bonds is 3. The van der Waals surface area contributed by atoms with Gasteiger partial charge in [-0.05, 0) is 40.4 Å². The zero-order valence-electron chi connectivity index (χ0n) is 9.76. The standard InChI is InChI=1S/C13H13NO2S2/c15-13(16)12-10(3-6-18-12)8-14-4-1-11-9(7-14)2-5-17-11/h2-3,5-6H,1,4,7-8H2,(H,15,16). The van der Waals surface area contributed by atoms with E-state index in [0.717, 1.165) is 31.6 Å². The van der Waals surface area contributed by atoms with Gasteiger partial charge in [-0.2, -0.15) is 0 Å². The molecular formula is C13H13NO2S2. The first-order chi connectivity index (χ1) is 8.74. The van der Waals surface area contributed by atoms with Crippen LogP contribution >= 0.6 is 22.7 Å². The number of hydrogen-bond acceptors (Lipinski definition) is 4. The Labute approximate surface area is 113 Å². The molecule has 5 heteroatoms. The molecule has 2 aromatic heterocycles. The summed E-state index contributed by atoms with van der Waals surface area (Å²) in [5.74, 6) is -0.812. The molecule has 1 aliphatic heterocycles. The predicted octanol–water partition coefficient (Wildman–Crippen LogP) is 3.07. The van der Waals surface area contributed by atoms with Gasteiger partial charge < -0.3 is 5.11 Å². The lowest BCUT2D eigenvalue weighted by molar-refractivity contribution is 0.0700. The molecule has 1 N–H and O–H groups in total. The van der Waals surface area contributed by atoms with Crippen molar-refractivity contribution in [3.63, 3.8) is 0 Å². The highest BCUT2D eigenvalue weighted by Crippen LogP contribution is 2.26. The number of hydrogen-bond donors (Lipinski definition) is 1. The molecule has 0 radical (unpaired) electrons. The van der Waals surface area contributed by atoms with E-state index in [2.05, 4.69) is 16.3 Å². The largest absolute Gasteiger partial charge is 0.477 e. The summed E-state index contributed by atoms with van der Waals surface area (Å²) >= 11 is 3.13. The average molecular weight is 279 g/mol. The van der Waals surface area contributed by atoms with Gasteiger partial charge in [0.1, 0.15) is 4.88 Å². The van der Waals surface area contributed by atoms with Crippen molar-refractivity contribution in [1.82, 2.24) is 4.90 Å². The molecule has 0 aromatic carbocycles. The highest BCUT2D eigenvalue weighted by atomic mass is 32.1. The third-order valence-electron chi connectivity index (χ3n) is 3.22. The molecular weight excluding hydrogens is 266 g/mol. The summed E-state index contributed by atoms with van der Waals surface area (Å²) < 4.78 is 0. The maximum absolute atomic E-state index is 11.1. The number of nitrogens with zero attached hydrogens (tertiary/aromatic N) is 1. The molecule has 0 spiro atoms. The van der Waals surface area contributed by atoms with Gasteiger partial charge in [0.2, 0.25) is 0 Å². The SMILES string of the molecule is O=C(O)c1sccc1CN1CCc2sccc2C1. The van der Waals surface area contributed by atoms with Crippen LogP contribution in [-0.2, 0) is 19.5 Å². The Kier molecular flexibility index (Phi) is 3.20. The van der Waals surface area contributed by atoms with Gasteiger partial charge in [0.25, 0.3) is 0 Å². The fraction of sp³-hybridized carbons (Fsp3) is 0.308. The van der Waals surface area contributed by atoms with E-state index in [1.54, 1.807) is 0 Å². The molecule has 3 heterocycles. The van der Waals surface area contributed by atoms with Crippen LogP contribution < -0.4 is 0 Å². The van der Waals surface area contributed by atoms with Gasteiger partial charge >= 0.3 is 5.97 Å². The van der Waals surface area contributed by atoms with Crippen molar-refractivity contribution < 1.29 is 9.90 Å². The fourth-order valence-electron chi connectivity index (χ4n) is 2.33. The Hall–Kier alpha value is -1.17. The molecule has 2 aromatic rings. The number of carbonyl (C=O) groups is 1. The molecule has 0 aliphatic carbocycles. The molecule has 18 heavy (non-hydrogen) atoms. The number of fused-ring (bicyclic) bond motifs is 1. The highest BCUT2D eigenvalue weighted by Gasteiger charge is 2.20. The Morgan fingerprint density at radius 2 is 2.17 bits per heavy atom. The van der Waals surface area contributed by atoms with Gasteiger partial charge in [0, 0.05) is 24.5 Å². The van der Waals surface area contributed by atoms with Gasteiger partial charge in [-0.15, -0.1) is 22.7 Å². The Bertz CT molecular complexity index is 573. The summed E-state index contributed by atoms with van der Waals surface area (Å²) in [6.45, 7) is 2.69. The lowest BCUT2D eigenvalue weighted by Gasteiger charge is -2.26. The second kappa shape index (κ2) is 4.84. The maximum atomic E-state index is 11.1. The lowest BCUT2D eigenvalue weighted by Crippen LogP contribution is -2.29. The minimum Gasteiger partial charge on any atom is -0.477 e. The molecule has 1 aliphatic rings. The van der Waals surface area contributed by atoms with Gasteiger partial charge in [0.05, 0.1) is 0 Å². The highest BCUT2D eigenvalue weighted by molar-refractivity contribution is 7.12. The topological polar surface area (TPSA) is 40.5 Å². The molecule has 0 saturated heterocycles. The number of carboxylic acids is 1. The van der Waals surface area contributed by atoms with E-state index in [9.17, 15) is 4.79 Å². The first-order valence-electron chi connectivity index (χ1n) is 5.81. The van der Waals surface area contributed by atoms with Crippen LogP contribution in [0.2, 0.25) is 0 Å². The van der Waals surface area contributed by atoms with Crippen LogP contribution in [-0.4, -0.2) is 22.5 Å². The van der Waals surface area contributed by atoms with Crippen LogP contribution in [0.4, 0.5) is 0 Å². The molecule has 0 atom stereocenters. The molecule has 0 saturated carbocycles. The van der Waals surface area contributed by atoms with E-state index in [1.807, 2.05) is 22.8 Å². The van der Waals surface area contributed by atoms with Crippen molar-refractivity contribution in [1.29, 1.82) is 0 Å². The van der Waals surface area contributed by atoms with Gasteiger partial charge in [-0.25, -0.2) is 4.79 Å². The summed E-state index contributed by atoms with van der Waals surface area (Å²) in [7, 11) is 0.